The Balaban J connectivity index is 1.81. The van der Waals surface area contributed by atoms with Crippen molar-refractivity contribution in [3.8, 4) is 0 Å². The molecule has 0 aliphatic carbocycles. The Hall–Kier alpha value is -4.35. The molecule has 0 spiro atoms. The molecule has 0 fully saturated rings. The van der Waals surface area contributed by atoms with E-state index in [0.717, 1.165) is 19.6 Å². The van der Waals surface area contributed by atoms with Gasteiger partial charge in [-0.05, 0) is 23.6 Å². The van der Waals surface area contributed by atoms with Crippen molar-refractivity contribution in [1.82, 2.24) is 19.1 Å². The first-order valence-electron chi connectivity index (χ1n) is 11.5. The van der Waals surface area contributed by atoms with Gasteiger partial charge >= 0.3 is 11.9 Å². The average molecular weight is 515 g/mol. The molecular weight excluding hydrogens is 489 g/mol. The molecule has 0 atom stereocenters. The number of H-pyrrole nitrogens is 1. The molecule has 194 valence electrons. The number of rotatable bonds is 7. The number of halogens is 3. The third-order valence-corrected chi connectivity index (χ3v) is 5.72. The Morgan fingerprint density at radius 1 is 1.05 bits per heavy atom. The Labute approximate surface area is 209 Å². The number of nitrogens with one attached hydrogen (secondary N) is 1. The molecular formula is C25H25F3N6O3. The Kier molecular flexibility index (Phi) is 6.92. The molecule has 4 rings (SSSR count). The topological polar surface area (TPSA) is 119 Å². The minimum absolute atomic E-state index is 0.0172. The molecule has 2 heterocycles. The van der Waals surface area contributed by atoms with Gasteiger partial charge in [0.25, 0.3) is 5.56 Å². The maximum absolute atomic E-state index is 13.8. The van der Waals surface area contributed by atoms with Crippen molar-refractivity contribution in [1.29, 1.82) is 0 Å². The highest BCUT2D eigenvalue weighted by molar-refractivity contribution is 5.96. The molecule has 0 bridgehead atoms. The van der Waals surface area contributed by atoms with Crippen LogP contribution in [0.4, 0.5) is 24.7 Å². The second-order valence-electron chi connectivity index (χ2n) is 8.97. The van der Waals surface area contributed by atoms with Crippen molar-refractivity contribution in [2.24, 2.45) is 5.92 Å². The number of amides is 1. The normalized spacial score (nSPS) is 11.8. The molecule has 3 N–H and O–H groups in total. The third-order valence-electron chi connectivity index (χ3n) is 5.72. The number of benzene rings is 2. The Morgan fingerprint density at radius 3 is 2.35 bits per heavy atom. The van der Waals surface area contributed by atoms with Crippen molar-refractivity contribution in [3.63, 3.8) is 0 Å². The minimum atomic E-state index is -4.82. The molecule has 12 heteroatoms. The van der Waals surface area contributed by atoms with Crippen molar-refractivity contribution in [2.45, 2.75) is 33.1 Å². The van der Waals surface area contributed by atoms with Crippen LogP contribution in [0.15, 0.2) is 64.2 Å². The molecule has 9 nitrogen and oxygen atoms in total. The standard InChI is InChI=1S/C25H25F3N6O3/c1-15(2)12-33(19(35)14-32-18-11-7-6-10-17(18)30-23(32)25(26,27)28)20-21(29)34(24(37)31-22(20)36)13-16-8-4-3-5-9-16/h3-11,15H,12-14,29H2,1-2H3,(H,31,36,37). The van der Waals surface area contributed by atoms with Crippen molar-refractivity contribution >= 4 is 28.4 Å². The fraction of sp³-hybridized carbons (Fsp3) is 0.280. The summed E-state index contributed by atoms with van der Waals surface area (Å²) < 4.78 is 43.2. The number of carbonyl (C=O) groups excluding carboxylic acids is 1. The number of carbonyl (C=O) groups is 1. The van der Waals surface area contributed by atoms with E-state index in [2.05, 4.69) is 9.97 Å². The van der Waals surface area contributed by atoms with Gasteiger partial charge in [-0.3, -0.25) is 19.1 Å². The van der Waals surface area contributed by atoms with E-state index in [1.165, 1.54) is 12.1 Å². The molecule has 0 aliphatic heterocycles. The highest BCUT2D eigenvalue weighted by Crippen LogP contribution is 2.32. The zero-order chi connectivity index (χ0) is 26.9. The second kappa shape index (κ2) is 9.96. The number of fused-ring (bicyclic) bond motifs is 1. The molecule has 1 amide bonds. The van der Waals surface area contributed by atoms with Gasteiger partial charge in [0.1, 0.15) is 12.4 Å². The number of anilines is 2. The Bertz CT molecular complexity index is 1550. The summed E-state index contributed by atoms with van der Waals surface area (Å²) in [7, 11) is 0. The summed E-state index contributed by atoms with van der Waals surface area (Å²) >= 11 is 0. The van der Waals surface area contributed by atoms with Gasteiger partial charge < -0.3 is 15.2 Å². The number of aromatic nitrogens is 4. The predicted octanol–water partition coefficient (Wildman–Crippen LogP) is 3.22. The molecule has 4 aromatic rings. The zero-order valence-electron chi connectivity index (χ0n) is 20.1. The lowest BCUT2D eigenvalue weighted by atomic mass is 10.2. The first-order valence-corrected chi connectivity index (χ1v) is 11.5. The molecule has 0 saturated carbocycles. The second-order valence-corrected chi connectivity index (χ2v) is 8.97. The highest BCUT2D eigenvalue weighted by atomic mass is 19.4. The van der Waals surface area contributed by atoms with Crippen LogP contribution in [0.5, 0.6) is 0 Å². The fourth-order valence-corrected chi connectivity index (χ4v) is 4.12. The number of hydrogen-bond donors (Lipinski definition) is 2. The van der Waals surface area contributed by atoms with E-state index in [1.807, 2.05) is 0 Å². The fourth-order valence-electron chi connectivity index (χ4n) is 4.12. The van der Waals surface area contributed by atoms with Crippen LogP contribution in [-0.4, -0.2) is 31.6 Å². The lowest BCUT2D eigenvalue weighted by molar-refractivity contribution is -0.147. The number of hydrogen-bond acceptors (Lipinski definition) is 5. The van der Waals surface area contributed by atoms with Crippen LogP contribution in [0.2, 0.25) is 0 Å². The van der Waals surface area contributed by atoms with Gasteiger partial charge in [0.05, 0.1) is 17.6 Å². The number of aromatic amines is 1. The number of para-hydroxylation sites is 2. The minimum Gasteiger partial charge on any atom is -0.383 e. The van der Waals surface area contributed by atoms with Crippen molar-refractivity contribution < 1.29 is 18.0 Å². The summed E-state index contributed by atoms with van der Waals surface area (Å²) in [6, 6.07) is 14.8. The van der Waals surface area contributed by atoms with Gasteiger partial charge in [-0.25, -0.2) is 9.78 Å². The molecule has 37 heavy (non-hydrogen) atoms. The Morgan fingerprint density at radius 2 is 1.70 bits per heavy atom. The molecule has 0 aliphatic rings. The van der Waals surface area contributed by atoms with Crippen molar-refractivity contribution in [2.75, 3.05) is 17.2 Å². The van der Waals surface area contributed by atoms with Gasteiger partial charge in [-0.2, -0.15) is 13.2 Å². The quantitative estimate of drug-likeness (QED) is 0.393. The molecule has 2 aromatic heterocycles. The summed E-state index contributed by atoms with van der Waals surface area (Å²) in [5.74, 6) is -2.50. The number of alkyl halides is 3. The number of imidazole rings is 1. The average Bonchev–Trinajstić information content (AvgIpc) is 3.20. The van der Waals surface area contributed by atoms with E-state index in [1.54, 1.807) is 56.3 Å². The first-order chi connectivity index (χ1) is 17.5. The van der Waals surface area contributed by atoms with Crippen LogP contribution in [0.3, 0.4) is 0 Å². The van der Waals surface area contributed by atoms with E-state index in [0.29, 0.717) is 0 Å². The van der Waals surface area contributed by atoms with E-state index in [4.69, 9.17) is 5.73 Å². The van der Waals surface area contributed by atoms with Crippen molar-refractivity contribution in [3.05, 3.63) is 86.8 Å². The largest absolute Gasteiger partial charge is 0.449 e. The lowest BCUT2D eigenvalue weighted by Crippen LogP contribution is -2.44. The highest BCUT2D eigenvalue weighted by Gasteiger charge is 2.38. The van der Waals surface area contributed by atoms with Gasteiger partial charge in [-0.1, -0.05) is 56.3 Å². The van der Waals surface area contributed by atoms with Gasteiger partial charge in [0, 0.05) is 6.54 Å². The summed E-state index contributed by atoms with van der Waals surface area (Å²) in [6.07, 6.45) is -4.82. The van der Waals surface area contributed by atoms with Crippen LogP contribution in [0, 0.1) is 5.92 Å². The van der Waals surface area contributed by atoms with Gasteiger partial charge in [0.15, 0.2) is 5.69 Å². The molecule has 2 aromatic carbocycles. The number of nitrogens with zero attached hydrogens (tertiary/aromatic N) is 4. The zero-order valence-corrected chi connectivity index (χ0v) is 20.1. The predicted molar refractivity (Wildman–Crippen MR) is 133 cm³/mol. The SMILES string of the molecule is CC(C)CN(C(=O)Cn1c(C(F)(F)F)nc2ccccc21)c1c(N)n(Cc2ccccc2)c(=O)[nH]c1=O. The van der Waals surface area contributed by atoms with Crippen LogP contribution in [0.1, 0.15) is 25.2 Å². The van der Waals surface area contributed by atoms with E-state index >= 15 is 0 Å². The van der Waals surface area contributed by atoms with Gasteiger partial charge in [-0.15, -0.1) is 0 Å². The van der Waals surface area contributed by atoms with Crippen LogP contribution >= 0.6 is 0 Å². The summed E-state index contributed by atoms with van der Waals surface area (Å²) in [4.78, 5) is 45.9. The van der Waals surface area contributed by atoms with Gasteiger partial charge in [0.2, 0.25) is 11.7 Å². The monoisotopic (exact) mass is 514 g/mol. The number of nitrogens with two attached hydrogens (primary N) is 1. The third kappa shape index (κ3) is 5.27. The van der Waals surface area contributed by atoms with E-state index in [9.17, 15) is 27.6 Å². The summed E-state index contributed by atoms with van der Waals surface area (Å²) in [6.45, 7) is 2.79. The van der Waals surface area contributed by atoms with E-state index in [-0.39, 0.29) is 41.5 Å². The first kappa shape index (κ1) is 25.7. The van der Waals surface area contributed by atoms with E-state index < -0.39 is 35.7 Å². The maximum Gasteiger partial charge on any atom is 0.449 e. The smallest absolute Gasteiger partial charge is 0.383 e. The molecule has 0 unspecified atom stereocenters. The van der Waals surface area contributed by atoms with Crippen LogP contribution in [-0.2, 0) is 24.1 Å². The molecule has 0 radical (unpaired) electrons. The van der Waals surface area contributed by atoms with Crippen LogP contribution < -0.4 is 21.9 Å². The maximum atomic E-state index is 13.8. The summed E-state index contributed by atoms with van der Waals surface area (Å²) in [5.41, 5.74) is 5.19. The molecule has 0 saturated heterocycles. The lowest BCUT2D eigenvalue weighted by Gasteiger charge is -2.26. The summed E-state index contributed by atoms with van der Waals surface area (Å²) in [5, 5.41) is 0. The van der Waals surface area contributed by atoms with Crippen LogP contribution in [0.25, 0.3) is 11.0 Å². The number of nitrogen functional groups attached to an aromatic ring is 1.